The van der Waals surface area contributed by atoms with Crippen LogP contribution in [0, 0.1) is 0 Å². The number of nitrogens with one attached hydrogen (secondary N) is 2. The highest BCUT2D eigenvalue weighted by atomic mass is 16.6. The molecule has 0 saturated carbocycles. The number of aliphatic carboxylic acids is 1. The molecule has 0 fully saturated rings. The van der Waals surface area contributed by atoms with Gasteiger partial charge in [-0.2, -0.15) is 4.98 Å². The van der Waals surface area contributed by atoms with Gasteiger partial charge in [-0.1, -0.05) is 30.3 Å². The molecule has 0 radical (unpaired) electrons. The number of hydrogen-bond donors (Lipinski definition) is 3. The summed E-state index contributed by atoms with van der Waals surface area (Å²) in [6.07, 6.45) is 0.205. The second-order valence-electron chi connectivity index (χ2n) is 8.15. The maximum atomic E-state index is 12.2. The Morgan fingerprint density at radius 2 is 1.82 bits per heavy atom. The number of ether oxygens (including phenoxy) is 2. The first kappa shape index (κ1) is 25.4. The lowest BCUT2D eigenvalue weighted by molar-refractivity contribution is -0.139. The van der Waals surface area contributed by atoms with Crippen molar-refractivity contribution in [1.29, 1.82) is 0 Å². The minimum atomic E-state index is -1.21. The molecule has 3 N–H and O–H groups in total. The number of carbonyl (C=O) groups is 3. The van der Waals surface area contributed by atoms with E-state index in [-0.39, 0.29) is 31.8 Å². The van der Waals surface area contributed by atoms with Crippen LogP contribution in [0.3, 0.4) is 0 Å². The van der Waals surface area contributed by atoms with Crippen LogP contribution in [0.2, 0.25) is 0 Å². The smallest absolute Gasteiger partial charge is 0.413 e. The van der Waals surface area contributed by atoms with Gasteiger partial charge < -0.3 is 19.9 Å². The number of hydrogen-bond acceptors (Lipinski definition) is 7. The van der Waals surface area contributed by atoms with Crippen LogP contribution < -0.4 is 16.3 Å². The molecule has 2 aromatic rings. The molecule has 0 spiro atoms. The van der Waals surface area contributed by atoms with Crippen LogP contribution in [-0.2, 0) is 27.4 Å². The second-order valence-corrected chi connectivity index (χ2v) is 8.15. The summed E-state index contributed by atoms with van der Waals surface area (Å²) in [6.45, 7) is 5.26. The molecule has 1 heterocycles. The average molecular weight is 460 g/mol. The molecule has 0 aliphatic rings. The van der Waals surface area contributed by atoms with E-state index in [1.54, 1.807) is 20.8 Å². The monoisotopic (exact) mass is 460 g/mol. The van der Waals surface area contributed by atoms with E-state index in [0.29, 0.717) is 0 Å². The van der Waals surface area contributed by atoms with Gasteiger partial charge in [0.15, 0.2) is 0 Å². The standard InChI is InChI=1S/C22H28N4O7/c1-22(2,3)33-21(31)23-16(18(27)28)10-7-12-26-13-11-17(24-19(26)29)25-20(30)32-14-15-8-5-4-6-9-15/h4-6,8-9,11,13,16H,7,10,12,14H2,1-3H3,(H,23,31)(H,27,28)(H,24,25,29,30)/t16-/m0/s1. The minimum Gasteiger partial charge on any atom is -0.480 e. The number of carbonyl (C=O) groups excluding carboxylic acids is 2. The van der Waals surface area contributed by atoms with Gasteiger partial charge in [-0.15, -0.1) is 0 Å². The lowest BCUT2D eigenvalue weighted by Gasteiger charge is -2.22. The quantitative estimate of drug-likeness (QED) is 0.517. The summed E-state index contributed by atoms with van der Waals surface area (Å²) in [7, 11) is 0. The van der Waals surface area contributed by atoms with Crippen molar-refractivity contribution in [2.75, 3.05) is 5.32 Å². The van der Waals surface area contributed by atoms with Crippen LogP contribution in [0.5, 0.6) is 0 Å². The van der Waals surface area contributed by atoms with Crippen molar-refractivity contribution >= 4 is 24.0 Å². The van der Waals surface area contributed by atoms with Crippen molar-refractivity contribution in [1.82, 2.24) is 14.9 Å². The fourth-order valence-electron chi connectivity index (χ4n) is 2.71. The molecule has 11 heteroatoms. The molecule has 2 rings (SSSR count). The van der Waals surface area contributed by atoms with E-state index in [1.807, 2.05) is 30.3 Å². The number of nitrogens with zero attached hydrogens (tertiary/aromatic N) is 2. The Bertz CT molecular complexity index is 1020. The molecule has 2 amide bonds. The number of benzene rings is 1. The van der Waals surface area contributed by atoms with Crippen LogP contribution in [-0.4, -0.2) is 44.5 Å². The number of alkyl carbamates (subject to hydrolysis) is 1. The second kappa shape index (κ2) is 11.7. The maximum Gasteiger partial charge on any atom is 0.413 e. The number of aryl methyl sites for hydroxylation is 1. The van der Waals surface area contributed by atoms with E-state index in [1.165, 1.54) is 16.8 Å². The Hall–Kier alpha value is -3.89. The highest BCUT2D eigenvalue weighted by molar-refractivity contribution is 5.83. The molecule has 1 aromatic heterocycles. The predicted molar refractivity (Wildman–Crippen MR) is 119 cm³/mol. The largest absolute Gasteiger partial charge is 0.480 e. The Morgan fingerprint density at radius 1 is 1.12 bits per heavy atom. The fourth-order valence-corrected chi connectivity index (χ4v) is 2.71. The number of carboxylic acid groups (broad SMARTS) is 1. The number of rotatable bonds is 9. The molecule has 0 aliphatic carbocycles. The number of amides is 2. The lowest BCUT2D eigenvalue weighted by Crippen LogP contribution is -2.43. The normalized spacial score (nSPS) is 11.8. The van der Waals surface area contributed by atoms with E-state index in [0.717, 1.165) is 5.56 Å². The van der Waals surface area contributed by atoms with Crippen molar-refractivity contribution in [3.8, 4) is 0 Å². The van der Waals surface area contributed by atoms with Crippen molar-refractivity contribution in [3.05, 3.63) is 58.6 Å². The van der Waals surface area contributed by atoms with E-state index >= 15 is 0 Å². The molecule has 0 bridgehead atoms. The summed E-state index contributed by atoms with van der Waals surface area (Å²) < 4.78 is 11.4. The van der Waals surface area contributed by atoms with Gasteiger partial charge in [-0.25, -0.2) is 19.2 Å². The maximum absolute atomic E-state index is 12.2. The molecule has 0 unspecified atom stereocenters. The Kier molecular flexibility index (Phi) is 8.96. The van der Waals surface area contributed by atoms with Crippen molar-refractivity contribution in [2.45, 2.75) is 58.4 Å². The van der Waals surface area contributed by atoms with Gasteiger partial charge in [0, 0.05) is 12.7 Å². The number of aromatic nitrogens is 2. The average Bonchev–Trinajstić information content (AvgIpc) is 2.72. The van der Waals surface area contributed by atoms with Gasteiger partial charge in [0.05, 0.1) is 0 Å². The third kappa shape index (κ3) is 9.42. The molecule has 0 saturated heterocycles. The zero-order valence-corrected chi connectivity index (χ0v) is 18.7. The molecular weight excluding hydrogens is 432 g/mol. The highest BCUT2D eigenvalue weighted by Crippen LogP contribution is 2.08. The van der Waals surface area contributed by atoms with Gasteiger partial charge in [0.25, 0.3) is 0 Å². The summed E-state index contributed by atoms with van der Waals surface area (Å²) in [5, 5.41) is 14.0. The summed E-state index contributed by atoms with van der Waals surface area (Å²) in [4.78, 5) is 51.1. The van der Waals surface area contributed by atoms with Gasteiger partial charge in [0.2, 0.25) is 0 Å². The van der Waals surface area contributed by atoms with Crippen LogP contribution in [0.25, 0.3) is 0 Å². The zero-order valence-electron chi connectivity index (χ0n) is 18.7. The summed E-state index contributed by atoms with van der Waals surface area (Å²) in [5.74, 6) is -1.18. The van der Waals surface area contributed by atoms with Crippen molar-refractivity contribution < 1.29 is 29.0 Å². The van der Waals surface area contributed by atoms with Gasteiger partial charge >= 0.3 is 23.8 Å². The molecule has 1 aromatic carbocycles. The molecule has 11 nitrogen and oxygen atoms in total. The van der Waals surface area contributed by atoms with Crippen LogP contribution in [0.15, 0.2) is 47.4 Å². The van der Waals surface area contributed by atoms with Crippen molar-refractivity contribution in [3.63, 3.8) is 0 Å². The Morgan fingerprint density at radius 3 is 2.42 bits per heavy atom. The summed E-state index contributed by atoms with van der Waals surface area (Å²) in [6, 6.07) is 9.38. The van der Waals surface area contributed by atoms with Crippen LogP contribution >= 0.6 is 0 Å². The summed E-state index contributed by atoms with van der Waals surface area (Å²) >= 11 is 0. The predicted octanol–water partition coefficient (Wildman–Crippen LogP) is 2.75. The van der Waals surface area contributed by atoms with Crippen LogP contribution in [0.4, 0.5) is 15.4 Å². The molecule has 0 aliphatic heterocycles. The first-order chi connectivity index (χ1) is 15.5. The van der Waals surface area contributed by atoms with Gasteiger partial charge in [-0.05, 0) is 45.2 Å². The van der Waals surface area contributed by atoms with Crippen LogP contribution in [0.1, 0.15) is 39.2 Å². The van der Waals surface area contributed by atoms with E-state index < -0.39 is 35.5 Å². The van der Waals surface area contributed by atoms with Crippen molar-refractivity contribution in [2.24, 2.45) is 0 Å². The van der Waals surface area contributed by atoms with E-state index in [2.05, 4.69) is 15.6 Å². The third-order valence-corrected chi connectivity index (χ3v) is 4.20. The third-order valence-electron chi connectivity index (χ3n) is 4.20. The fraction of sp³-hybridized carbons (Fsp3) is 0.409. The number of anilines is 1. The minimum absolute atomic E-state index is 0.0318. The number of carboxylic acids is 1. The Labute approximate surface area is 190 Å². The zero-order chi connectivity index (χ0) is 24.4. The molecule has 1 atom stereocenters. The Balaban J connectivity index is 1.84. The van der Waals surface area contributed by atoms with E-state index in [9.17, 15) is 24.3 Å². The molecule has 178 valence electrons. The van der Waals surface area contributed by atoms with E-state index in [4.69, 9.17) is 9.47 Å². The highest BCUT2D eigenvalue weighted by Gasteiger charge is 2.23. The lowest BCUT2D eigenvalue weighted by atomic mass is 10.1. The van der Waals surface area contributed by atoms with Gasteiger partial charge in [0.1, 0.15) is 24.1 Å². The van der Waals surface area contributed by atoms with Gasteiger partial charge in [-0.3, -0.25) is 9.88 Å². The molecule has 33 heavy (non-hydrogen) atoms. The SMILES string of the molecule is CC(C)(C)OC(=O)N[C@@H](CCCn1ccc(NC(=O)OCc2ccccc2)nc1=O)C(=O)O. The first-order valence-electron chi connectivity index (χ1n) is 10.3. The first-order valence-corrected chi connectivity index (χ1v) is 10.3. The summed E-state index contributed by atoms with van der Waals surface area (Å²) in [5.41, 5.74) is -0.560. The topological polar surface area (TPSA) is 149 Å². The molecular formula is C22H28N4O7.